The second kappa shape index (κ2) is 5.25. The van der Waals surface area contributed by atoms with Crippen LogP contribution in [0.1, 0.15) is 45.4 Å². The third kappa shape index (κ3) is 3.35. The van der Waals surface area contributed by atoms with Crippen molar-refractivity contribution in [2.45, 2.75) is 57.1 Å². The summed E-state index contributed by atoms with van der Waals surface area (Å²) in [5.41, 5.74) is 5.80. The average Bonchev–Trinajstić information content (AvgIpc) is 3.07. The fourth-order valence-electron chi connectivity index (χ4n) is 2.62. The molecule has 2 fully saturated rings. The summed E-state index contributed by atoms with van der Waals surface area (Å²) in [7, 11) is 1.77. The molecule has 0 bridgehead atoms. The van der Waals surface area contributed by atoms with Gasteiger partial charge in [0.05, 0.1) is 12.1 Å². The summed E-state index contributed by atoms with van der Waals surface area (Å²) >= 11 is 0. The summed E-state index contributed by atoms with van der Waals surface area (Å²) in [4.78, 5) is 4.45. The minimum absolute atomic E-state index is 0.123. The Morgan fingerprint density at radius 3 is 2.53 bits per heavy atom. The van der Waals surface area contributed by atoms with Crippen molar-refractivity contribution in [3.05, 3.63) is 0 Å². The van der Waals surface area contributed by atoms with Gasteiger partial charge in [0, 0.05) is 13.2 Å². The van der Waals surface area contributed by atoms with E-state index in [4.69, 9.17) is 10.5 Å². The molecule has 1 atom stereocenters. The van der Waals surface area contributed by atoms with E-state index in [2.05, 4.69) is 17.2 Å². The first-order valence-corrected chi connectivity index (χ1v) is 6.75. The van der Waals surface area contributed by atoms with Crippen molar-refractivity contribution in [2.75, 3.05) is 13.7 Å². The third-order valence-electron chi connectivity index (χ3n) is 4.18. The lowest BCUT2D eigenvalue weighted by Gasteiger charge is -2.26. The molecule has 0 saturated heterocycles. The van der Waals surface area contributed by atoms with Gasteiger partial charge in [-0.1, -0.05) is 12.8 Å². The van der Waals surface area contributed by atoms with Gasteiger partial charge in [0.25, 0.3) is 0 Å². The number of rotatable bonds is 5. The van der Waals surface area contributed by atoms with Gasteiger partial charge in [-0.15, -0.1) is 0 Å². The highest BCUT2D eigenvalue weighted by atomic mass is 16.5. The number of guanidine groups is 1. The molecule has 2 aliphatic rings. The molecule has 2 aliphatic carbocycles. The lowest BCUT2D eigenvalue weighted by atomic mass is 10.0. The van der Waals surface area contributed by atoms with Crippen molar-refractivity contribution in [2.24, 2.45) is 16.6 Å². The highest BCUT2D eigenvalue weighted by Gasteiger charge is 2.41. The first-order valence-electron chi connectivity index (χ1n) is 6.75. The molecular formula is C13H25N3O. The molecule has 0 spiro atoms. The van der Waals surface area contributed by atoms with Gasteiger partial charge in [0.1, 0.15) is 0 Å². The summed E-state index contributed by atoms with van der Waals surface area (Å²) in [5.74, 6) is 1.25. The number of nitrogens with two attached hydrogens (primary N) is 1. The molecule has 0 aromatic rings. The Kier molecular flexibility index (Phi) is 3.92. The number of methoxy groups -OCH3 is 1. The number of aliphatic imine (C=N–C) groups is 1. The number of hydrogen-bond acceptors (Lipinski definition) is 2. The first-order chi connectivity index (χ1) is 8.14. The summed E-state index contributed by atoms with van der Waals surface area (Å²) in [6, 6.07) is 0.536. The molecular weight excluding hydrogens is 214 g/mol. The molecule has 0 heterocycles. The Morgan fingerprint density at radius 2 is 2.00 bits per heavy atom. The van der Waals surface area contributed by atoms with Crippen molar-refractivity contribution in [3.8, 4) is 0 Å². The van der Waals surface area contributed by atoms with Crippen LogP contribution in [-0.2, 0) is 4.74 Å². The van der Waals surface area contributed by atoms with Crippen LogP contribution in [0.4, 0.5) is 0 Å². The first kappa shape index (κ1) is 12.7. The largest absolute Gasteiger partial charge is 0.376 e. The second-order valence-corrected chi connectivity index (χ2v) is 5.62. The monoisotopic (exact) mass is 239 g/mol. The normalized spacial score (nSPS) is 25.9. The molecule has 0 aromatic heterocycles. The molecule has 2 rings (SSSR count). The van der Waals surface area contributed by atoms with Gasteiger partial charge in [-0.05, 0) is 38.5 Å². The Morgan fingerprint density at radius 1 is 1.35 bits per heavy atom. The maximum atomic E-state index is 5.92. The molecule has 4 heteroatoms. The topological polar surface area (TPSA) is 59.6 Å². The molecule has 3 N–H and O–H groups in total. The fourth-order valence-corrected chi connectivity index (χ4v) is 2.62. The summed E-state index contributed by atoms with van der Waals surface area (Å²) < 4.78 is 5.59. The van der Waals surface area contributed by atoms with Gasteiger partial charge in [-0.3, -0.25) is 4.99 Å². The van der Waals surface area contributed by atoms with Gasteiger partial charge in [-0.25, -0.2) is 0 Å². The molecule has 4 nitrogen and oxygen atoms in total. The Labute approximate surface area is 104 Å². The average molecular weight is 239 g/mol. The number of nitrogens with zero attached hydrogens (tertiary/aromatic N) is 1. The van der Waals surface area contributed by atoms with E-state index in [0.717, 1.165) is 0 Å². The third-order valence-corrected chi connectivity index (χ3v) is 4.18. The van der Waals surface area contributed by atoms with E-state index in [0.29, 0.717) is 24.5 Å². The predicted molar refractivity (Wildman–Crippen MR) is 70.0 cm³/mol. The zero-order chi connectivity index (χ0) is 12.3. The Hall–Kier alpha value is -0.770. The van der Waals surface area contributed by atoms with Gasteiger partial charge >= 0.3 is 0 Å². The molecule has 1 unspecified atom stereocenters. The van der Waals surface area contributed by atoms with Crippen LogP contribution in [0.15, 0.2) is 4.99 Å². The minimum atomic E-state index is -0.123. The van der Waals surface area contributed by atoms with Crippen LogP contribution >= 0.6 is 0 Å². The summed E-state index contributed by atoms with van der Waals surface area (Å²) in [6.45, 7) is 2.80. The molecule has 98 valence electrons. The lowest BCUT2D eigenvalue weighted by Crippen LogP contribution is -2.41. The quantitative estimate of drug-likeness (QED) is 0.566. The zero-order valence-corrected chi connectivity index (χ0v) is 11.0. The van der Waals surface area contributed by atoms with Crippen molar-refractivity contribution < 1.29 is 4.74 Å². The second-order valence-electron chi connectivity index (χ2n) is 5.62. The highest BCUT2D eigenvalue weighted by molar-refractivity contribution is 5.78. The molecule has 17 heavy (non-hydrogen) atoms. The summed E-state index contributed by atoms with van der Waals surface area (Å²) in [6.07, 6.45) is 7.58. The number of hydrogen-bond donors (Lipinski definition) is 2. The number of nitrogens with one attached hydrogen (secondary N) is 1. The van der Waals surface area contributed by atoms with Crippen LogP contribution < -0.4 is 11.1 Å². The lowest BCUT2D eigenvalue weighted by molar-refractivity contribution is -0.00474. The minimum Gasteiger partial charge on any atom is -0.376 e. The van der Waals surface area contributed by atoms with Crippen molar-refractivity contribution in [1.82, 2.24) is 5.32 Å². The van der Waals surface area contributed by atoms with Crippen LogP contribution in [0.25, 0.3) is 0 Å². The highest BCUT2D eigenvalue weighted by Crippen LogP contribution is 2.41. The van der Waals surface area contributed by atoms with Crippen LogP contribution in [0.5, 0.6) is 0 Å². The number of ether oxygens (including phenoxy) is 1. The zero-order valence-electron chi connectivity index (χ0n) is 11.0. The van der Waals surface area contributed by atoms with Crippen molar-refractivity contribution in [3.63, 3.8) is 0 Å². The van der Waals surface area contributed by atoms with E-state index < -0.39 is 0 Å². The van der Waals surface area contributed by atoms with E-state index in [1.54, 1.807) is 7.11 Å². The maximum absolute atomic E-state index is 5.92. The van der Waals surface area contributed by atoms with E-state index in [9.17, 15) is 0 Å². The SMILES string of the molecule is COC(C)(CN=C(N)NC1CCCC1)C1CC1. The maximum Gasteiger partial charge on any atom is 0.188 e. The Bertz CT molecular complexity index is 282. The van der Waals surface area contributed by atoms with Gasteiger partial charge in [-0.2, -0.15) is 0 Å². The molecule has 0 aromatic carbocycles. The van der Waals surface area contributed by atoms with E-state index >= 15 is 0 Å². The van der Waals surface area contributed by atoms with Crippen LogP contribution in [0.2, 0.25) is 0 Å². The molecule has 0 aliphatic heterocycles. The van der Waals surface area contributed by atoms with E-state index in [1.165, 1.54) is 38.5 Å². The van der Waals surface area contributed by atoms with Gasteiger partial charge in [0.2, 0.25) is 0 Å². The van der Waals surface area contributed by atoms with E-state index in [1.807, 2.05) is 0 Å². The predicted octanol–water partition coefficient (Wildman–Crippen LogP) is 1.65. The fraction of sp³-hybridized carbons (Fsp3) is 0.923. The smallest absolute Gasteiger partial charge is 0.188 e. The van der Waals surface area contributed by atoms with Gasteiger partial charge < -0.3 is 15.8 Å². The van der Waals surface area contributed by atoms with Crippen LogP contribution in [0.3, 0.4) is 0 Å². The molecule has 0 amide bonds. The molecule has 2 saturated carbocycles. The van der Waals surface area contributed by atoms with Crippen LogP contribution in [-0.4, -0.2) is 31.3 Å². The van der Waals surface area contributed by atoms with Crippen molar-refractivity contribution >= 4 is 5.96 Å². The standard InChI is InChI=1S/C13H25N3O/c1-13(17-2,10-7-8-10)9-15-12(14)16-11-5-3-4-6-11/h10-11H,3-9H2,1-2H3,(H3,14,15,16). The Balaban J connectivity index is 1.81. The summed E-state index contributed by atoms with van der Waals surface area (Å²) in [5, 5.41) is 3.31. The van der Waals surface area contributed by atoms with Crippen LogP contribution in [0, 0.1) is 5.92 Å². The van der Waals surface area contributed by atoms with Gasteiger partial charge in [0.15, 0.2) is 5.96 Å². The molecule has 0 radical (unpaired) electrons. The van der Waals surface area contributed by atoms with E-state index in [-0.39, 0.29) is 5.60 Å². The van der Waals surface area contributed by atoms with Crippen molar-refractivity contribution in [1.29, 1.82) is 0 Å².